The highest BCUT2D eigenvalue weighted by Gasteiger charge is 1.94. The van der Waals surface area contributed by atoms with Crippen LogP contribution >= 0.6 is 23.2 Å². The van der Waals surface area contributed by atoms with Gasteiger partial charge in [-0.05, 0) is 24.6 Å². The third-order valence-corrected chi connectivity index (χ3v) is 2.06. The van der Waals surface area contributed by atoms with Crippen LogP contribution in [0.4, 0.5) is 0 Å². The summed E-state index contributed by atoms with van der Waals surface area (Å²) in [4.78, 5) is 0. The van der Waals surface area contributed by atoms with Gasteiger partial charge in [0.25, 0.3) is 0 Å². The van der Waals surface area contributed by atoms with Gasteiger partial charge in [0.05, 0.1) is 0 Å². The van der Waals surface area contributed by atoms with Gasteiger partial charge in [0, 0.05) is 10.1 Å². The first-order valence-corrected chi connectivity index (χ1v) is 4.07. The van der Waals surface area contributed by atoms with Crippen molar-refractivity contribution in [2.45, 2.75) is 6.92 Å². The molecule has 11 heavy (non-hydrogen) atoms. The highest BCUT2D eigenvalue weighted by atomic mass is 35.5. The summed E-state index contributed by atoms with van der Waals surface area (Å²) in [5.41, 5.74) is 0.999. The lowest BCUT2D eigenvalue weighted by atomic mass is 10.2. The van der Waals surface area contributed by atoms with Crippen molar-refractivity contribution in [2.24, 2.45) is 0 Å². The van der Waals surface area contributed by atoms with Gasteiger partial charge in [-0.1, -0.05) is 41.4 Å². The lowest BCUT2D eigenvalue weighted by Gasteiger charge is -1.96. The van der Waals surface area contributed by atoms with Gasteiger partial charge in [0.15, 0.2) is 0 Å². The molecule has 0 bridgehead atoms. The van der Waals surface area contributed by atoms with Crippen molar-refractivity contribution in [1.82, 2.24) is 0 Å². The minimum atomic E-state index is 0.731. The summed E-state index contributed by atoms with van der Waals surface area (Å²) >= 11 is 11.6. The number of hydrogen-bond acceptors (Lipinski definition) is 0. The molecule has 0 radical (unpaired) electrons. The maximum atomic E-state index is 5.86. The molecular weight excluding hydrogens is 179 g/mol. The van der Waals surface area contributed by atoms with Gasteiger partial charge in [-0.3, -0.25) is 0 Å². The molecule has 1 aromatic rings. The molecule has 0 unspecified atom stereocenters. The molecule has 58 valence electrons. The van der Waals surface area contributed by atoms with Gasteiger partial charge < -0.3 is 0 Å². The molecule has 0 aliphatic heterocycles. The van der Waals surface area contributed by atoms with Gasteiger partial charge in [0.1, 0.15) is 0 Å². The summed E-state index contributed by atoms with van der Waals surface area (Å²) in [6.07, 6.45) is 1.85. The van der Waals surface area contributed by atoms with Crippen LogP contribution in [0.3, 0.4) is 0 Å². The van der Waals surface area contributed by atoms with Crippen LogP contribution < -0.4 is 0 Å². The van der Waals surface area contributed by atoms with Crippen LogP contribution in [0.1, 0.15) is 12.5 Å². The van der Waals surface area contributed by atoms with Crippen molar-refractivity contribution in [1.29, 1.82) is 0 Å². The number of allylic oxidation sites excluding steroid dienone is 1. The molecule has 0 aliphatic carbocycles. The first-order chi connectivity index (χ1) is 5.24. The van der Waals surface area contributed by atoms with Crippen molar-refractivity contribution >= 4 is 28.2 Å². The Morgan fingerprint density at radius 3 is 2.27 bits per heavy atom. The smallest absolute Gasteiger partial charge is 0.0435 e. The third-order valence-electron chi connectivity index (χ3n) is 1.37. The van der Waals surface area contributed by atoms with Crippen LogP contribution in [0, 0.1) is 0 Å². The molecule has 2 heteroatoms. The Bertz CT molecular complexity index is 259. The van der Waals surface area contributed by atoms with E-state index in [-0.39, 0.29) is 0 Å². The lowest BCUT2D eigenvalue weighted by Crippen LogP contribution is -1.74. The molecule has 0 nitrogen and oxygen atoms in total. The van der Waals surface area contributed by atoms with E-state index in [4.69, 9.17) is 23.2 Å². The van der Waals surface area contributed by atoms with Crippen molar-refractivity contribution in [2.75, 3.05) is 0 Å². The van der Waals surface area contributed by atoms with E-state index in [0.29, 0.717) is 0 Å². The molecule has 0 aromatic heterocycles. The van der Waals surface area contributed by atoms with Crippen molar-refractivity contribution in [3.8, 4) is 0 Å². The molecule has 0 atom stereocenters. The molecule has 0 fully saturated rings. The third kappa shape index (κ3) is 2.25. The topological polar surface area (TPSA) is 0 Å². The highest BCUT2D eigenvalue weighted by molar-refractivity contribution is 6.48. The zero-order valence-corrected chi connectivity index (χ0v) is 7.65. The second-order valence-corrected chi connectivity index (χ2v) is 2.99. The van der Waals surface area contributed by atoms with Crippen LogP contribution in [-0.2, 0) is 0 Å². The summed E-state index contributed by atoms with van der Waals surface area (Å²) in [6.45, 7) is 1.90. The second-order valence-electron chi connectivity index (χ2n) is 2.14. The van der Waals surface area contributed by atoms with Gasteiger partial charge in [-0.25, -0.2) is 0 Å². The van der Waals surface area contributed by atoms with Crippen molar-refractivity contribution in [3.05, 3.63) is 40.9 Å². The van der Waals surface area contributed by atoms with Gasteiger partial charge in [-0.15, -0.1) is 0 Å². The normalized spacial score (nSPS) is 11.7. The van der Waals surface area contributed by atoms with Crippen LogP contribution in [0.2, 0.25) is 5.02 Å². The molecule has 0 aliphatic rings. The fourth-order valence-corrected chi connectivity index (χ4v) is 1.03. The van der Waals surface area contributed by atoms with Crippen LogP contribution in [0.15, 0.2) is 30.3 Å². The fourth-order valence-electron chi connectivity index (χ4n) is 0.776. The molecule has 0 amide bonds. The monoisotopic (exact) mass is 186 g/mol. The number of benzene rings is 1. The molecule has 0 saturated heterocycles. The maximum Gasteiger partial charge on any atom is 0.0435 e. The predicted molar refractivity (Wildman–Crippen MR) is 51.0 cm³/mol. The number of rotatable bonds is 1. The fraction of sp³-hybridized carbons (Fsp3) is 0.111. The Morgan fingerprint density at radius 1 is 1.27 bits per heavy atom. The first kappa shape index (κ1) is 8.63. The molecule has 1 aromatic carbocycles. The van der Waals surface area contributed by atoms with Crippen molar-refractivity contribution < 1.29 is 0 Å². The minimum absolute atomic E-state index is 0.731. The summed E-state index contributed by atoms with van der Waals surface area (Å²) < 4.78 is 0. The molecule has 1 rings (SSSR count). The first-order valence-electron chi connectivity index (χ1n) is 3.32. The zero-order chi connectivity index (χ0) is 8.27. The van der Waals surface area contributed by atoms with Crippen LogP contribution in [0.25, 0.3) is 5.03 Å². The van der Waals surface area contributed by atoms with Crippen LogP contribution in [-0.4, -0.2) is 0 Å². The van der Waals surface area contributed by atoms with E-state index in [1.807, 2.05) is 37.3 Å². The van der Waals surface area contributed by atoms with E-state index in [0.717, 1.165) is 15.6 Å². The van der Waals surface area contributed by atoms with Gasteiger partial charge in [0.2, 0.25) is 0 Å². The Labute approximate surface area is 76.4 Å². The Balaban J connectivity index is 2.99. The van der Waals surface area contributed by atoms with Gasteiger partial charge in [-0.2, -0.15) is 0 Å². The minimum Gasteiger partial charge on any atom is -0.0843 e. The van der Waals surface area contributed by atoms with Crippen LogP contribution in [0.5, 0.6) is 0 Å². The summed E-state index contributed by atoms with van der Waals surface area (Å²) in [5.74, 6) is 0. The number of halogens is 2. The standard InChI is InChI=1S/C9H8Cl2/c1-2-9(11)7-3-5-8(10)6-4-7/h2-6H,1H3. The summed E-state index contributed by atoms with van der Waals surface area (Å²) in [7, 11) is 0. The molecule has 0 N–H and O–H groups in total. The van der Waals surface area contributed by atoms with E-state index < -0.39 is 0 Å². The maximum absolute atomic E-state index is 5.86. The van der Waals surface area contributed by atoms with E-state index in [2.05, 4.69) is 0 Å². The van der Waals surface area contributed by atoms with E-state index in [1.165, 1.54) is 0 Å². The summed E-state index contributed by atoms with van der Waals surface area (Å²) in [6, 6.07) is 7.43. The predicted octanol–water partition coefficient (Wildman–Crippen LogP) is 3.94. The summed E-state index contributed by atoms with van der Waals surface area (Å²) in [5, 5.41) is 1.48. The van der Waals surface area contributed by atoms with Gasteiger partial charge >= 0.3 is 0 Å². The molecule has 0 heterocycles. The Kier molecular flexibility index (Phi) is 2.98. The Morgan fingerprint density at radius 2 is 1.82 bits per heavy atom. The SMILES string of the molecule is CC=C(Cl)c1ccc(Cl)cc1. The second kappa shape index (κ2) is 3.80. The largest absolute Gasteiger partial charge is 0.0843 e. The lowest BCUT2D eigenvalue weighted by molar-refractivity contribution is 1.63. The zero-order valence-electron chi connectivity index (χ0n) is 6.14. The quantitative estimate of drug-likeness (QED) is 0.624. The van der Waals surface area contributed by atoms with E-state index in [9.17, 15) is 0 Å². The average molecular weight is 187 g/mol. The number of hydrogen-bond donors (Lipinski definition) is 0. The highest BCUT2D eigenvalue weighted by Crippen LogP contribution is 2.20. The molecule has 0 spiro atoms. The Hall–Kier alpha value is -0.460. The molecular formula is C9H8Cl2. The van der Waals surface area contributed by atoms with E-state index >= 15 is 0 Å². The average Bonchev–Trinajstić information content (AvgIpc) is 2.05. The van der Waals surface area contributed by atoms with E-state index in [1.54, 1.807) is 0 Å². The van der Waals surface area contributed by atoms with Crippen molar-refractivity contribution in [3.63, 3.8) is 0 Å². The molecule has 0 saturated carbocycles.